The Morgan fingerprint density at radius 2 is 1.91 bits per heavy atom. The Morgan fingerprint density at radius 1 is 1.18 bits per heavy atom. The Bertz CT molecular complexity index is 538. The maximum atomic E-state index is 12.2. The first-order chi connectivity index (χ1) is 10.3. The molecule has 0 aromatic heterocycles. The number of ketones is 1. The van der Waals surface area contributed by atoms with E-state index in [1.54, 1.807) is 12.1 Å². The van der Waals surface area contributed by atoms with Gasteiger partial charge in [-0.15, -0.1) is 0 Å². The number of esters is 1. The van der Waals surface area contributed by atoms with E-state index < -0.39 is 5.60 Å². The summed E-state index contributed by atoms with van der Waals surface area (Å²) >= 11 is 0. The van der Waals surface area contributed by atoms with E-state index in [9.17, 15) is 9.59 Å². The van der Waals surface area contributed by atoms with Crippen LogP contribution in [0.15, 0.2) is 24.3 Å². The van der Waals surface area contributed by atoms with Crippen molar-refractivity contribution >= 4 is 11.8 Å². The molecule has 1 fully saturated rings. The number of hydrogen-bond acceptors (Lipinski definition) is 4. The summed E-state index contributed by atoms with van der Waals surface area (Å²) in [7, 11) is 0. The van der Waals surface area contributed by atoms with Crippen molar-refractivity contribution in [3.8, 4) is 5.75 Å². The summed E-state index contributed by atoms with van der Waals surface area (Å²) in [6.07, 6.45) is 2.72. The molecule has 0 atom stereocenters. The van der Waals surface area contributed by atoms with Gasteiger partial charge in [0, 0.05) is 12.0 Å². The number of hydrogen-bond donors (Lipinski definition) is 0. The molecule has 4 nitrogen and oxygen atoms in total. The van der Waals surface area contributed by atoms with Crippen LogP contribution in [-0.2, 0) is 9.53 Å². The van der Waals surface area contributed by atoms with Gasteiger partial charge in [0.05, 0.1) is 13.0 Å². The summed E-state index contributed by atoms with van der Waals surface area (Å²) in [5, 5.41) is 0. The maximum Gasteiger partial charge on any atom is 0.306 e. The molecule has 4 heteroatoms. The first-order valence-electron chi connectivity index (χ1n) is 7.81. The average molecular weight is 304 g/mol. The van der Waals surface area contributed by atoms with E-state index in [0.717, 1.165) is 12.4 Å². The lowest BCUT2D eigenvalue weighted by atomic mass is 10.1. The van der Waals surface area contributed by atoms with Gasteiger partial charge in [-0.25, -0.2) is 0 Å². The van der Waals surface area contributed by atoms with Crippen molar-refractivity contribution in [2.24, 2.45) is 5.92 Å². The lowest BCUT2D eigenvalue weighted by Crippen LogP contribution is -2.24. The molecule has 0 N–H and O–H groups in total. The van der Waals surface area contributed by atoms with Crippen LogP contribution in [0.25, 0.3) is 0 Å². The molecule has 0 amide bonds. The first kappa shape index (κ1) is 16.5. The standard InChI is InChI=1S/C18H24O4/c1-18(2,3)22-17(20)10-9-16(19)14-5-4-6-15(11-14)21-12-13-7-8-13/h4-6,11,13H,7-10,12H2,1-3H3. The zero-order chi connectivity index (χ0) is 16.2. The van der Waals surface area contributed by atoms with Crippen LogP contribution in [0.5, 0.6) is 5.75 Å². The second kappa shape index (κ2) is 6.95. The lowest BCUT2D eigenvalue weighted by molar-refractivity contribution is -0.154. The molecule has 0 aliphatic heterocycles. The number of carbonyl (C=O) groups excluding carboxylic acids is 2. The van der Waals surface area contributed by atoms with Crippen LogP contribution in [0.1, 0.15) is 56.8 Å². The summed E-state index contributed by atoms with van der Waals surface area (Å²) in [6, 6.07) is 7.16. The van der Waals surface area contributed by atoms with Crippen molar-refractivity contribution in [2.45, 2.75) is 52.1 Å². The molecular formula is C18H24O4. The number of rotatable bonds is 7. The van der Waals surface area contributed by atoms with Crippen molar-refractivity contribution in [3.63, 3.8) is 0 Å². The predicted molar refractivity (Wildman–Crippen MR) is 84.1 cm³/mol. The van der Waals surface area contributed by atoms with Gasteiger partial charge < -0.3 is 9.47 Å². The zero-order valence-electron chi connectivity index (χ0n) is 13.6. The van der Waals surface area contributed by atoms with Crippen LogP contribution >= 0.6 is 0 Å². The molecule has 1 aliphatic carbocycles. The predicted octanol–water partition coefficient (Wildman–Crippen LogP) is 3.78. The van der Waals surface area contributed by atoms with E-state index >= 15 is 0 Å². The number of Topliss-reactive ketones (excluding diaryl/α,β-unsaturated/α-hetero) is 1. The lowest BCUT2D eigenvalue weighted by Gasteiger charge is -2.19. The zero-order valence-corrected chi connectivity index (χ0v) is 13.6. The molecule has 0 heterocycles. The second-order valence-corrected chi connectivity index (χ2v) is 6.79. The van der Waals surface area contributed by atoms with E-state index in [1.165, 1.54) is 12.8 Å². The van der Waals surface area contributed by atoms with Gasteiger partial charge in [0.1, 0.15) is 11.4 Å². The Hall–Kier alpha value is -1.84. The highest BCUT2D eigenvalue weighted by molar-refractivity contribution is 5.97. The normalized spacial score (nSPS) is 14.5. The van der Waals surface area contributed by atoms with Crippen molar-refractivity contribution < 1.29 is 19.1 Å². The fraction of sp³-hybridized carbons (Fsp3) is 0.556. The molecule has 0 spiro atoms. The molecule has 22 heavy (non-hydrogen) atoms. The molecule has 0 radical (unpaired) electrons. The van der Waals surface area contributed by atoms with E-state index in [4.69, 9.17) is 9.47 Å². The highest BCUT2D eigenvalue weighted by atomic mass is 16.6. The minimum Gasteiger partial charge on any atom is -0.493 e. The molecule has 2 rings (SSSR count). The first-order valence-corrected chi connectivity index (χ1v) is 7.81. The number of benzene rings is 1. The summed E-state index contributed by atoms with van der Waals surface area (Å²) in [4.78, 5) is 23.8. The van der Waals surface area contributed by atoms with Crippen molar-refractivity contribution in [1.29, 1.82) is 0 Å². The molecule has 1 saturated carbocycles. The van der Waals surface area contributed by atoms with Gasteiger partial charge in [-0.3, -0.25) is 9.59 Å². The highest BCUT2D eigenvalue weighted by Crippen LogP contribution is 2.29. The smallest absolute Gasteiger partial charge is 0.306 e. The van der Waals surface area contributed by atoms with Crippen LogP contribution in [0.2, 0.25) is 0 Å². The van der Waals surface area contributed by atoms with Crippen LogP contribution in [0.3, 0.4) is 0 Å². The van der Waals surface area contributed by atoms with Gasteiger partial charge in [-0.05, 0) is 51.7 Å². The molecule has 0 saturated heterocycles. The van der Waals surface area contributed by atoms with Gasteiger partial charge in [0.15, 0.2) is 5.78 Å². The molecule has 0 unspecified atom stereocenters. The molecule has 1 aliphatic rings. The SMILES string of the molecule is CC(C)(C)OC(=O)CCC(=O)c1cccc(OCC2CC2)c1. The Balaban J connectivity index is 1.83. The van der Waals surface area contributed by atoms with Gasteiger partial charge in [0.25, 0.3) is 0 Å². The number of ether oxygens (including phenoxy) is 2. The molecule has 1 aromatic rings. The summed E-state index contributed by atoms with van der Waals surface area (Å²) in [6.45, 7) is 6.16. The number of carbonyl (C=O) groups is 2. The topological polar surface area (TPSA) is 52.6 Å². The molecule has 120 valence electrons. The van der Waals surface area contributed by atoms with Crippen LogP contribution in [-0.4, -0.2) is 24.0 Å². The van der Waals surface area contributed by atoms with Gasteiger partial charge in [-0.1, -0.05) is 12.1 Å². The summed E-state index contributed by atoms with van der Waals surface area (Å²) in [5.41, 5.74) is 0.0633. The van der Waals surface area contributed by atoms with Crippen LogP contribution in [0.4, 0.5) is 0 Å². The largest absolute Gasteiger partial charge is 0.493 e. The fourth-order valence-corrected chi connectivity index (χ4v) is 2.01. The van der Waals surface area contributed by atoms with E-state index in [0.29, 0.717) is 11.5 Å². The third kappa shape index (κ3) is 5.88. The average Bonchev–Trinajstić information content (AvgIpc) is 3.25. The van der Waals surface area contributed by atoms with E-state index in [2.05, 4.69) is 0 Å². The van der Waals surface area contributed by atoms with E-state index in [1.807, 2.05) is 32.9 Å². The van der Waals surface area contributed by atoms with Crippen LogP contribution < -0.4 is 4.74 Å². The fourth-order valence-electron chi connectivity index (χ4n) is 2.01. The minimum absolute atomic E-state index is 0.0669. The Kier molecular flexibility index (Phi) is 5.22. The maximum absolute atomic E-state index is 12.2. The van der Waals surface area contributed by atoms with Crippen molar-refractivity contribution in [2.75, 3.05) is 6.61 Å². The molecule has 0 bridgehead atoms. The summed E-state index contributed by atoms with van der Waals surface area (Å²) in [5.74, 6) is 0.978. The van der Waals surface area contributed by atoms with E-state index in [-0.39, 0.29) is 24.6 Å². The van der Waals surface area contributed by atoms with Crippen molar-refractivity contribution in [3.05, 3.63) is 29.8 Å². The van der Waals surface area contributed by atoms with Gasteiger partial charge >= 0.3 is 5.97 Å². The molecular weight excluding hydrogens is 280 g/mol. The Morgan fingerprint density at radius 3 is 2.55 bits per heavy atom. The van der Waals surface area contributed by atoms with Crippen LogP contribution in [0, 0.1) is 5.92 Å². The third-order valence-electron chi connectivity index (χ3n) is 3.31. The molecule has 1 aromatic carbocycles. The highest BCUT2D eigenvalue weighted by Gasteiger charge is 2.22. The summed E-state index contributed by atoms with van der Waals surface area (Å²) < 4.78 is 10.9. The second-order valence-electron chi connectivity index (χ2n) is 6.79. The van der Waals surface area contributed by atoms with Crippen molar-refractivity contribution in [1.82, 2.24) is 0 Å². The Labute approximate surface area is 131 Å². The quantitative estimate of drug-likeness (QED) is 0.568. The monoisotopic (exact) mass is 304 g/mol. The van der Waals surface area contributed by atoms with Gasteiger partial charge in [-0.2, -0.15) is 0 Å². The van der Waals surface area contributed by atoms with Gasteiger partial charge in [0.2, 0.25) is 0 Å². The third-order valence-corrected chi connectivity index (χ3v) is 3.31. The minimum atomic E-state index is -0.517.